The van der Waals surface area contributed by atoms with Crippen molar-refractivity contribution in [3.63, 3.8) is 0 Å². The van der Waals surface area contributed by atoms with Crippen LogP contribution in [-0.2, 0) is 4.79 Å². The average Bonchev–Trinajstić information content (AvgIpc) is 2.47. The summed E-state index contributed by atoms with van der Waals surface area (Å²) in [4.78, 5) is 11.3. The van der Waals surface area contributed by atoms with Gasteiger partial charge in [0.15, 0.2) is 0 Å². The molecule has 1 aromatic carbocycles. The van der Waals surface area contributed by atoms with Crippen molar-refractivity contribution < 1.29 is 9.90 Å². The van der Waals surface area contributed by atoms with E-state index in [0.29, 0.717) is 6.42 Å². The van der Waals surface area contributed by atoms with Crippen LogP contribution in [0.1, 0.15) is 25.1 Å². The standard InChI is InChI=1S/C14H23N3O2S/c1-3-15-17-13(11-7-5-4-6-8-11)16-12(14(18)19)9-10-20-2/h4-8,12-13,15-17H,3,9-10H2,1-2H3,(H,18,19)/t12-,13?/m0/s1. The highest BCUT2D eigenvalue weighted by Gasteiger charge is 2.21. The van der Waals surface area contributed by atoms with Crippen LogP contribution in [0.2, 0.25) is 0 Å². The minimum Gasteiger partial charge on any atom is -0.480 e. The molecule has 1 aromatic rings. The van der Waals surface area contributed by atoms with Gasteiger partial charge in [0.05, 0.1) is 6.17 Å². The van der Waals surface area contributed by atoms with Gasteiger partial charge in [-0.05, 0) is 24.0 Å². The van der Waals surface area contributed by atoms with Crippen LogP contribution in [-0.4, -0.2) is 35.7 Å². The van der Waals surface area contributed by atoms with E-state index in [1.807, 2.05) is 43.5 Å². The van der Waals surface area contributed by atoms with Gasteiger partial charge in [-0.3, -0.25) is 15.5 Å². The number of rotatable bonds is 10. The Balaban J connectivity index is 2.74. The molecule has 0 aliphatic rings. The molecule has 1 unspecified atom stereocenters. The highest BCUT2D eigenvalue weighted by Crippen LogP contribution is 2.11. The second-order valence-electron chi connectivity index (χ2n) is 4.36. The molecule has 0 heterocycles. The molecule has 1 rings (SSSR count). The highest BCUT2D eigenvalue weighted by molar-refractivity contribution is 7.98. The molecule has 0 fully saturated rings. The molecular formula is C14H23N3O2S. The van der Waals surface area contributed by atoms with Crippen molar-refractivity contribution in [1.82, 2.24) is 16.2 Å². The molecule has 0 saturated carbocycles. The predicted octanol–water partition coefficient (Wildman–Crippen LogP) is 1.60. The van der Waals surface area contributed by atoms with Crippen molar-refractivity contribution in [3.8, 4) is 0 Å². The molecule has 0 aliphatic heterocycles. The number of carboxylic acids is 1. The van der Waals surface area contributed by atoms with Crippen LogP contribution in [0.3, 0.4) is 0 Å². The lowest BCUT2D eigenvalue weighted by Gasteiger charge is -2.25. The number of benzene rings is 1. The van der Waals surface area contributed by atoms with Crippen LogP contribution in [0.5, 0.6) is 0 Å². The fourth-order valence-corrected chi connectivity index (χ4v) is 2.26. The summed E-state index contributed by atoms with van der Waals surface area (Å²) < 4.78 is 0. The third-order valence-corrected chi connectivity index (χ3v) is 3.48. The van der Waals surface area contributed by atoms with Crippen molar-refractivity contribution in [1.29, 1.82) is 0 Å². The third-order valence-electron chi connectivity index (χ3n) is 2.83. The molecule has 112 valence electrons. The maximum absolute atomic E-state index is 11.3. The summed E-state index contributed by atoms with van der Waals surface area (Å²) in [5.41, 5.74) is 7.16. The van der Waals surface area contributed by atoms with Crippen molar-refractivity contribution in [3.05, 3.63) is 35.9 Å². The summed E-state index contributed by atoms with van der Waals surface area (Å²) in [6.07, 6.45) is 2.33. The molecule has 2 atom stereocenters. The van der Waals surface area contributed by atoms with Gasteiger partial charge in [0.1, 0.15) is 6.04 Å². The van der Waals surface area contributed by atoms with Crippen molar-refractivity contribution in [2.75, 3.05) is 18.6 Å². The van der Waals surface area contributed by atoms with Gasteiger partial charge in [0.25, 0.3) is 0 Å². The van der Waals surface area contributed by atoms with E-state index >= 15 is 0 Å². The van der Waals surface area contributed by atoms with Crippen LogP contribution < -0.4 is 16.2 Å². The highest BCUT2D eigenvalue weighted by atomic mass is 32.2. The molecular weight excluding hydrogens is 274 g/mol. The monoisotopic (exact) mass is 297 g/mol. The number of hydrogen-bond donors (Lipinski definition) is 4. The number of carboxylic acid groups (broad SMARTS) is 1. The van der Waals surface area contributed by atoms with E-state index in [-0.39, 0.29) is 6.17 Å². The van der Waals surface area contributed by atoms with Gasteiger partial charge in [0.2, 0.25) is 0 Å². The Morgan fingerprint density at radius 2 is 2.05 bits per heavy atom. The first kappa shape index (κ1) is 17.0. The maximum Gasteiger partial charge on any atom is 0.320 e. The number of nitrogens with one attached hydrogen (secondary N) is 3. The second kappa shape index (κ2) is 9.77. The fourth-order valence-electron chi connectivity index (χ4n) is 1.79. The van der Waals surface area contributed by atoms with Gasteiger partial charge in [-0.1, -0.05) is 37.3 Å². The first-order chi connectivity index (χ1) is 9.69. The fraction of sp³-hybridized carbons (Fsp3) is 0.500. The molecule has 0 amide bonds. The Morgan fingerprint density at radius 3 is 2.60 bits per heavy atom. The summed E-state index contributed by atoms with van der Waals surface area (Å²) in [6, 6.07) is 9.19. The lowest BCUT2D eigenvalue weighted by molar-refractivity contribution is -0.139. The van der Waals surface area contributed by atoms with Crippen LogP contribution in [0.25, 0.3) is 0 Å². The molecule has 4 N–H and O–H groups in total. The molecule has 0 saturated heterocycles. The lowest BCUT2D eigenvalue weighted by atomic mass is 10.1. The summed E-state index contributed by atoms with van der Waals surface area (Å²) in [5.74, 6) is -0.00885. The SMILES string of the molecule is CCNNC(N[C@@H](CCSC)C(=O)O)c1ccccc1. The van der Waals surface area contributed by atoms with Crippen LogP contribution in [0.15, 0.2) is 30.3 Å². The molecule has 20 heavy (non-hydrogen) atoms. The van der Waals surface area contributed by atoms with Gasteiger partial charge in [-0.15, -0.1) is 0 Å². The summed E-state index contributed by atoms with van der Waals surface area (Å²) in [6.45, 7) is 2.74. The quantitative estimate of drug-likeness (QED) is 0.388. The molecule has 0 radical (unpaired) electrons. The normalized spacial score (nSPS) is 13.9. The van der Waals surface area contributed by atoms with E-state index in [1.165, 1.54) is 0 Å². The third kappa shape index (κ3) is 5.92. The summed E-state index contributed by atoms with van der Waals surface area (Å²) in [5, 5.41) is 12.5. The number of carbonyl (C=O) groups is 1. The molecule has 0 spiro atoms. The maximum atomic E-state index is 11.3. The van der Waals surface area contributed by atoms with Gasteiger partial charge >= 0.3 is 5.97 Å². The first-order valence-electron chi connectivity index (χ1n) is 6.70. The zero-order valence-corrected chi connectivity index (χ0v) is 12.7. The molecule has 0 bridgehead atoms. The van der Waals surface area contributed by atoms with Gasteiger partial charge in [0, 0.05) is 6.54 Å². The molecule has 0 aromatic heterocycles. The van der Waals surface area contributed by atoms with Gasteiger partial charge < -0.3 is 5.11 Å². The predicted molar refractivity (Wildman–Crippen MR) is 83.6 cm³/mol. The first-order valence-corrected chi connectivity index (χ1v) is 8.09. The van der Waals surface area contributed by atoms with Crippen LogP contribution >= 0.6 is 11.8 Å². The smallest absolute Gasteiger partial charge is 0.320 e. The Hall–Kier alpha value is -1.08. The number of thioether (sulfide) groups is 1. The van der Waals surface area contributed by atoms with Crippen LogP contribution in [0, 0.1) is 0 Å². The summed E-state index contributed by atoms with van der Waals surface area (Å²) >= 11 is 1.65. The Kier molecular flexibility index (Phi) is 8.29. The topological polar surface area (TPSA) is 73.4 Å². The Labute approximate surface area is 124 Å². The number of aliphatic carboxylic acids is 1. The Morgan fingerprint density at radius 1 is 1.35 bits per heavy atom. The number of hydrogen-bond acceptors (Lipinski definition) is 5. The zero-order chi connectivity index (χ0) is 14.8. The minimum absolute atomic E-state index is 0.237. The van der Waals surface area contributed by atoms with E-state index in [1.54, 1.807) is 11.8 Å². The minimum atomic E-state index is -0.821. The van der Waals surface area contributed by atoms with E-state index in [9.17, 15) is 9.90 Å². The zero-order valence-electron chi connectivity index (χ0n) is 11.9. The van der Waals surface area contributed by atoms with Crippen LogP contribution in [0.4, 0.5) is 0 Å². The number of hydrazine groups is 1. The van der Waals surface area contributed by atoms with Crippen molar-refractivity contribution >= 4 is 17.7 Å². The van der Waals surface area contributed by atoms with E-state index in [2.05, 4.69) is 16.2 Å². The lowest BCUT2D eigenvalue weighted by Crippen LogP contribution is -2.49. The molecule has 6 heteroatoms. The van der Waals surface area contributed by atoms with E-state index < -0.39 is 12.0 Å². The Bertz CT molecular complexity index is 389. The largest absolute Gasteiger partial charge is 0.480 e. The van der Waals surface area contributed by atoms with Crippen molar-refractivity contribution in [2.45, 2.75) is 25.6 Å². The molecule has 0 aliphatic carbocycles. The second-order valence-corrected chi connectivity index (χ2v) is 5.34. The summed E-state index contributed by atoms with van der Waals surface area (Å²) in [7, 11) is 0. The van der Waals surface area contributed by atoms with Crippen molar-refractivity contribution in [2.24, 2.45) is 0 Å². The van der Waals surface area contributed by atoms with E-state index in [4.69, 9.17) is 0 Å². The van der Waals surface area contributed by atoms with Gasteiger partial charge in [-0.25, -0.2) is 5.43 Å². The van der Waals surface area contributed by atoms with Gasteiger partial charge in [-0.2, -0.15) is 11.8 Å². The molecule has 5 nitrogen and oxygen atoms in total. The van der Waals surface area contributed by atoms with E-state index in [0.717, 1.165) is 17.9 Å². The average molecular weight is 297 g/mol.